The normalized spacial score (nSPS) is 13.8. The van der Waals surface area contributed by atoms with E-state index in [1.165, 1.54) is 18.7 Å². The number of anilines is 3. The second kappa shape index (κ2) is 12.7. The number of nitriles is 1. The maximum Gasteiger partial charge on any atom is 0.315 e. The third-order valence-electron chi connectivity index (χ3n) is 5.66. The predicted octanol–water partition coefficient (Wildman–Crippen LogP) is 3.81. The third-order valence-corrected chi connectivity index (χ3v) is 5.66. The second-order valence-electron chi connectivity index (χ2n) is 7.96. The van der Waals surface area contributed by atoms with Gasteiger partial charge in [0.25, 0.3) is 0 Å². The van der Waals surface area contributed by atoms with Crippen molar-refractivity contribution in [3.05, 3.63) is 40.1 Å². The van der Waals surface area contributed by atoms with Crippen LogP contribution >= 0.6 is 0 Å². The number of nitrogens with zero attached hydrogens (tertiary/aromatic N) is 5. The van der Waals surface area contributed by atoms with Crippen LogP contribution in [0, 0.1) is 21.4 Å². The summed E-state index contributed by atoms with van der Waals surface area (Å²) in [6, 6.07) is 6.82. The third kappa shape index (κ3) is 6.76. The summed E-state index contributed by atoms with van der Waals surface area (Å²) in [6.07, 6.45) is 6.91. The Labute approximate surface area is 198 Å². The average molecular weight is 471 g/mol. The number of methoxy groups -OCH3 is 1. The summed E-state index contributed by atoms with van der Waals surface area (Å²) < 4.78 is 16.3. The fourth-order valence-corrected chi connectivity index (χ4v) is 3.82. The molecule has 2 heterocycles. The molecule has 0 unspecified atom stereocenters. The van der Waals surface area contributed by atoms with Crippen LogP contribution in [0.3, 0.4) is 0 Å². The van der Waals surface area contributed by atoms with Gasteiger partial charge in [0.1, 0.15) is 18.5 Å². The van der Waals surface area contributed by atoms with Gasteiger partial charge in [0.15, 0.2) is 11.6 Å². The van der Waals surface area contributed by atoms with Crippen molar-refractivity contribution in [3.63, 3.8) is 0 Å². The molecule has 182 valence electrons. The molecular formula is C23H30N6O5. The standard InChI is InChI=1S/C23H30N6O5/c1-28(18-6-4-3-5-7-18)23-20(34-13-12-33-11-10-32-2)14-19(29(30)31)22(27-23)26-21-9-8-17(15-24)16-25-21/h8-9,14,16,18H,3-7,10-13H2,1-2H3,(H,25,26,27). The number of rotatable bonds is 12. The van der Waals surface area contributed by atoms with E-state index in [1.54, 1.807) is 19.2 Å². The quantitative estimate of drug-likeness (QED) is 0.277. The van der Waals surface area contributed by atoms with Crippen molar-refractivity contribution in [3.8, 4) is 11.8 Å². The Hall–Kier alpha value is -3.49. The van der Waals surface area contributed by atoms with Crippen molar-refractivity contribution >= 4 is 23.1 Å². The van der Waals surface area contributed by atoms with Gasteiger partial charge < -0.3 is 24.4 Å². The Morgan fingerprint density at radius 1 is 1.24 bits per heavy atom. The summed E-state index contributed by atoms with van der Waals surface area (Å²) in [4.78, 5) is 22.2. The molecule has 11 nitrogen and oxygen atoms in total. The number of ether oxygens (including phenoxy) is 3. The van der Waals surface area contributed by atoms with Crippen LogP contribution in [-0.4, -0.2) is 61.5 Å². The van der Waals surface area contributed by atoms with E-state index in [2.05, 4.69) is 15.3 Å². The number of pyridine rings is 2. The first-order chi connectivity index (χ1) is 16.5. The van der Waals surface area contributed by atoms with Gasteiger partial charge in [0.2, 0.25) is 5.82 Å². The van der Waals surface area contributed by atoms with Crippen LogP contribution in [0.4, 0.5) is 23.1 Å². The lowest BCUT2D eigenvalue weighted by Gasteiger charge is -2.33. The first kappa shape index (κ1) is 25.1. The number of nitro groups is 1. The highest BCUT2D eigenvalue weighted by Gasteiger charge is 2.27. The minimum Gasteiger partial charge on any atom is -0.487 e. The van der Waals surface area contributed by atoms with Crippen LogP contribution in [0.2, 0.25) is 0 Å². The second-order valence-corrected chi connectivity index (χ2v) is 7.96. The Morgan fingerprint density at radius 2 is 2.00 bits per heavy atom. The molecule has 2 aromatic heterocycles. The lowest BCUT2D eigenvalue weighted by Crippen LogP contribution is -2.34. The van der Waals surface area contributed by atoms with E-state index >= 15 is 0 Å². The van der Waals surface area contributed by atoms with Crippen molar-refractivity contribution in [2.45, 2.75) is 38.1 Å². The van der Waals surface area contributed by atoms with Gasteiger partial charge in [0, 0.05) is 26.4 Å². The predicted molar refractivity (Wildman–Crippen MR) is 127 cm³/mol. The zero-order valence-corrected chi connectivity index (χ0v) is 19.5. The van der Waals surface area contributed by atoms with E-state index in [0.717, 1.165) is 25.7 Å². The molecule has 0 saturated heterocycles. The SMILES string of the molecule is COCCOCCOc1cc([N+](=O)[O-])c(Nc2ccc(C#N)cn2)nc1N(C)C1CCCCC1. The Balaban J connectivity index is 1.89. The first-order valence-corrected chi connectivity index (χ1v) is 11.3. The fourth-order valence-electron chi connectivity index (χ4n) is 3.82. The smallest absolute Gasteiger partial charge is 0.315 e. The van der Waals surface area contributed by atoms with Gasteiger partial charge in [-0.05, 0) is 25.0 Å². The van der Waals surface area contributed by atoms with E-state index in [0.29, 0.717) is 42.8 Å². The number of nitrogens with one attached hydrogen (secondary N) is 1. The largest absolute Gasteiger partial charge is 0.487 e. The summed E-state index contributed by atoms with van der Waals surface area (Å²) in [5.41, 5.74) is 0.157. The highest BCUT2D eigenvalue weighted by Crippen LogP contribution is 2.38. The summed E-state index contributed by atoms with van der Waals surface area (Å²) in [6.45, 7) is 1.46. The van der Waals surface area contributed by atoms with Crippen molar-refractivity contribution in [1.82, 2.24) is 9.97 Å². The molecule has 1 saturated carbocycles. The highest BCUT2D eigenvalue weighted by atomic mass is 16.6. The topological polar surface area (TPSA) is 136 Å². The summed E-state index contributed by atoms with van der Waals surface area (Å²) >= 11 is 0. The molecule has 0 aliphatic heterocycles. The number of aromatic nitrogens is 2. The zero-order valence-electron chi connectivity index (χ0n) is 19.5. The van der Waals surface area contributed by atoms with Gasteiger partial charge in [0.05, 0.1) is 36.4 Å². The Morgan fingerprint density at radius 3 is 2.65 bits per heavy atom. The lowest BCUT2D eigenvalue weighted by atomic mass is 9.94. The van der Waals surface area contributed by atoms with Crippen LogP contribution in [-0.2, 0) is 9.47 Å². The molecule has 1 N–H and O–H groups in total. The van der Waals surface area contributed by atoms with Crippen molar-refractivity contribution in [2.24, 2.45) is 0 Å². The molecule has 1 aliphatic rings. The Kier molecular flexibility index (Phi) is 9.37. The summed E-state index contributed by atoms with van der Waals surface area (Å²) in [7, 11) is 3.54. The monoisotopic (exact) mass is 470 g/mol. The van der Waals surface area contributed by atoms with Crippen molar-refractivity contribution < 1.29 is 19.1 Å². The van der Waals surface area contributed by atoms with Crippen LogP contribution in [0.1, 0.15) is 37.7 Å². The number of hydrogen-bond donors (Lipinski definition) is 1. The van der Waals surface area contributed by atoms with Crippen molar-refractivity contribution in [2.75, 3.05) is 50.8 Å². The maximum atomic E-state index is 11.9. The van der Waals surface area contributed by atoms with E-state index in [-0.39, 0.29) is 24.2 Å². The summed E-state index contributed by atoms with van der Waals surface area (Å²) in [5.74, 6) is 1.25. The molecule has 0 bridgehead atoms. The molecular weight excluding hydrogens is 440 g/mol. The molecule has 0 radical (unpaired) electrons. The van der Waals surface area contributed by atoms with E-state index in [1.807, 2.05) is 18.0 Å². The summed E-state index contributed by atoms with van der Waals surface area (Å²) in [5, 5.41) is 23.7. The molecule has 2 aromatic rings. The molecule has 0 atom stereocenters. The molecule has 1 aliphatic carbocycles. The van der Waals surface area contributed by atoms with Gasteiger partial charge in [-0.15, -0.1) is 0 Å². The lowest BCUT2D eigenvalue weighted by molar-refractivity contribution is -0.384. The maximum absolute atomic E-state index is 11.9. The van der Waals surface area contributed by atoms with Crippen molar-refractivity contribution in [1.29, 1.82) is 5.26 Å². The first-order valence-electron chi connectivity index (χ1n) is 11.3. The van der Waals surface area contributed by atoms with Gasteiger partial charge in [-0.2, -0.15) is 5.26 Å². The average Bonchev–Trinajstić information content (AvgIpc) is 2.87. The van der Waals surface area contributed by atoms with Crippen LogP contribution in [0.25, 0.3) is 0 Å². The molecule has 34 heavy (non-hydrogen) atoms. The minimum atomic E-state index is -0.509. The van der Waals surface area contributed by atoms with E-state index in [4.69, 9.17) is 19.5 Å². The fraction of sp³-hybridized carbons (Fsp3) is 0.522. The van der Waals surface area contributed by atoms with Crippen LogP contribution < -0.4 is 15.0 Å². The van der Waals surface area contributed by atoms with Gasteiger partial charge in [-0.1, -0.05) is 19.3 Å². The zero-order chi connectivity index (χ0) is 24.3. The Bertz CT molecular complexity index is 989. The van der Waals surface area contributed by atoms with E-state index in [9.17, 15) is 10.1 Å². The molecule has 0 spiro atoms. The van der Waals surface area contributed by atoms with Crippen LogP contribution in [0.5, 0.6) is 5.75 Å². The van der Waals surface area contributed by atoms with Gasteiger partial charge in [-0.25, -0.2) is 9.97 Å². The molecule has 0 aromatic carbocycles. The molecule has 11 heteroatoms. The molecule has 1 fully saturated rings. The molecule has 3 rings (SSSR count). The van der Waals surface area contributed by atoms with Gasteiger partial charge in [-0.3, -0.25) is 10.1 Å². The molecule has 0 amide bonds. The highest BCUT2D eigenvalue weighted by molar-refractivity contribution is 5.71. The minimum absolute atomic E-state index is 0.0589. The number of hydrogen-bond acceptors (Lipinski definition) is 10. The van der Waals surface area contributed by atoms with Crippen LogP contribution in [0.15, 0.2) is 24.4 Å². The van der Waals surface area contributed by atoms with Gasteiger partial charge >= 0.3 is 5.69 Å². The van der Waals surface area contributed by atoms with E-state index < -0.39 is 4.92 Å².